The molecule has 4 rings (SSSR count). The third kappa shape index (κ3) is 5.59. The molecule has 2 aliphatic rings. The van der Waals surface area contributed by atoms with Crippen LogP contribution in [0.25, 0.3) is 0 Å². The van der Waals surface area contributed by atoms with E-state index >= 15 is 0 Å². The van der Waals surface area contributed by atoms with Gasteiger partial charge in [-0.15, -0.1) is 5.11 Å². The van der Waals surface area contributed by atoms with E-state index in [1.807, 2.05) is 0 Å². The molecule has 3 N–H and O–H groups in total. The molecule has 1 amide bonds. The summed E-state index contributed by atoms with van der Waals surface area (Å²) < 4.78 is 52.1. The van der Waals surface area contributed by atoms with Crippen molar-refractivity contribution < 1.29 is 27.5 Å². The van der Waals surface area contributed by atoms with E-state index in [2.05, 4.69) is 25.9 Å². The first-order valence-electron chi connectivity index (χ1n) is 10.6. The molecule has 1 heterocycles. The number of phenolic OH excluding ortho intramolecular Hbond substituents is 1. The zero-order valence-corrected chi connectivity index (χ0v) is 17.8. The third-order valence-electron chi connectivity index (χ3n) is 5.51. The average Bonchev–Trinajstić information content (AvgIpc) is 3.47. The number of nitrogens with one attached hydrogen (secondary N) is 2. The average molecular weight is 475 g/mol. The standard InChI is InChI=1S/C23H21F4N5O2/c24-17-11-14(7-10-19(17)33)18-12-20(32-31-18)29-22(28-16-3-1-2-4-16)30-21(34)13-5-8-15(9-6-13)23(25,26)27/h5-12,16,18,33H,1-4H2,(H2,28,29,30,34). The lowest BCUT2D eigenvalue weighted by molar-refractivity contribution is -0.137. The fraction of sp³-hybridized carbons (Fsp3) is 0.304. The molecule has 1 aliphatic carbocycles. The van der Waals surface area contributed by atoms with E-state index in [0.29, 0.717) is 5.56 Å². The number of amides is 1. The van der Waals surface area contributed by atoms with Crippen LogP contribution in [-0.2, 0) is 6.18 Å². The van der Waals surface area contributed by atoms with E-state index in [9.17, 15) is 27.5 Å². The van der Waals surface area contributed by atoms with E-state index in [1.165, 1.54) is 12.1 Å². The molecule has 1 saturated carbocycles. The lowest BCUT2D eigenvalue weighted by Crippen LogP contribution is -2.41. The molecule has 0 saturated heterocycles. The molecule has 0 aromatic heterocycles. The summed E-state index contributed by atoms with van der Waals surface area (Å²) in [6.45, 7) is 0. The van der Waals surface area contributed by atoms with Gasteiger partial charge in [0.05, 0.1) is 11.6 Å². The summed E-state index contributed by atoms with van der Waals surface area (Å²) in [7, 11) is 0. The summed E-state index contributed by atoms with van der Waals surface area (Å²) in [6, 6.07) is 7.13. The summed E-state index contributed by atoms with van der Waals surface area (Å²) in [5.74, 6) is -1.53. The second-order valence-electron chi connectivity index (χ2n) is 7.99. The van der Waals surface area contributed by atoms with Crippen molar-refractivity contribution in [2.45, 2.75) is 43.9 Å². The van der Waals surface area contributed by atoms with E-state index in [0.717, 1.165) is 56.0 Å². The summed E-state index contributed by atoms with van der Waals surface area (Å²) in [4.78, 5) is 17.2. The fourth-order valence-electron chi connectivity index (χ4n) is 3.70. The van der Waals surface area contributed by atoms with E-state index < -0.39 is 35.3 Å². The van der Waals surface area contributed by atoms with Gasteiger partial charge in [-0.2, -0.15) is 18.3 Å². The van der Waals surface area contributed by atoms with Crippen LogP contribution < -0.4 is 10.6 Å². The fourth-order valence-corrected chi connectivity index (χ4v) is 3.70. The molecule has 1 fully saturated rings. The number of aliphatic imine (C=N–C) groups is 1. The van der Waals surface area contributed by atoms with Gasteiger partial charge in [-0.05, 0) is 60.9 Å². The maximum Gasteiger partial charge on any atom is 0.416 e. The summed E-state index contributed by atoms with van der Waals surface area (Å²) >= 11 is 0. The van der Waals surface area contributed by atoms with Gasteiger partial charge in [0.1, 0.15) is 6.04 Å². The number of aromatic hydroxyl groups is 1. The first kappa shape index (κ1) is 23.4. The number of alkyl halides is 3. The minimum absolute atomic E-state index is 0.0173. The van der Waals surface area contributed by atoms with Crippen LogP contribution >= 0.6 is 0 Å². The largest absolute Gasteiger partial charge is 0.505 e. The lowest BCUT2D eigenvalue weighted by atomic mass is 10.1. The van der Waals surface area contributed by atoms with Gasteiger partial charge in [0.15, 0.2) is 17.4 Å². The number of phenols is 1. The van der Waals surface area contributed by atoms with Gasteiger partial charge in [-0.25, -0.2) is 9.38 Å². The van der Waals surface area contributed by atoms with E-state index in [-0.39, 0.29) is 23.4 Å². The van der Waals surface area contributed by atoms with Gasteiger partial charge >= 0.3 is 6.18 Å². The van der Waals surface area contributed by atoms with Crippen LogP contribution in [0.15, 0.2) is 69.6 Å². The zero-order valence-electron chi connectivity index (χ0n) is 17.8. The van der Waals surface area contributed by atoms with Crippen molar-refractivity contribution in [2.75, 3.05) is 0 Å². The maximum absolute atomic E-state index is 13.7. The molecule has 2 aromatic carbocycles. The number of guanidine groups is 1. The maximum atomic E-state index is 13.7. The SMILES string of the molecule is O=C(NC(=NC1CCCC1)NC1=CC(c2ccc(O)c(F)c2)N=N1)c1ccc(C(F)(F)F)cc1. The van der Waals surface area contributed by atoms with Crippen molar-refractivity contribution >= 4 is 11.9 Å². The Labute approximate surface area is 192 Å². The van der Waals surface area contributed by atoms with Crippen LogP contribution in [0.1, 0.15) is 53.2 Å². The summed E-state index contributed by atoms with van der Waals surface area (Å²) in [6.07, 6.45) is 0.799. The number of benzene rings is 2. The minimum Gasteiger partial charge on any atom is -0.505 e. The molecular weight excluding hydrogens is 454 g/mol. The Balaban J connectivity index is 1.50. The van der Waals surface area contributed by atoms with Gasteiger partial charge < -0.3 is 10.4 Å². The quantitative estimate of drug-likeness (QED) is 0.321. The van der Waals surface area contributed by atoms with Crippen LogP contribution in [0.3, 0.4) is 0 Å². The lowest BCUT2D eigenvalue weighted by Gasteiger charge is -2.13. The van der Waals surface area contributed by atoms with Crippen LogP contribution in [0, 0.1) is 5.82 Å². The van der Waals surface area contributed by atoms with Gasteiger partial charge in [-0.1, -0.05) is 18.9 Å². The number of hydrogen-bond acceptors (Lipinski definition) is 5. The number of carbonyl (C=O) groups is 1. The monoisotopic (exact) mass is 475 g/mol. The summed E-state index contributed by atoms with van der Waals surface area (Å²) in [5, 5.41) is 22.9. The third-order valence-corrected chi connectivity index (χ3v) is 5.51. The normalized spacial score (nSPS) is 18.8. The van der Waals surface area contributed by atoms with Crippen molar-refractivity contribution in [2.24, 2.45) is 15.2 Å². The Morgan fingerprint density at radius 1 is 1.09 bits per heavy atom. The Hall–Kier alpha value is -3.76. The van der Waals surface area contributed by atoms with Crippen LogP contribution in [0.5, 0.6) is 5.75 Å². The Morgan fingerprint density at radius 2 is 1.79 bits per heavy atom. The molecule has 2 aromatic rings. The van der Waals surface area contributed by atoms with Crippen LogP contribution in [0.4, 0.5) is 17.6 Å². The topological polar surface area (TPSA) is 98.4 Å². The van der Waals surface area contributed by atoms with E-state index in [4.69, 9.17) is 0 Å². The Kier molecular flexibility index (Phi) is 6.62. The predicted molar refractivity (Wildman–Crippen MR) is 115 cm³/mol. The highest BCUT2D eigenvalue weighted by Crippen LogP contribution is 2.30. The smallest absolute Gasteiger partial charge is 0.416 e. The van der Waals surface area contributed by atoms with Crippen molar-refractivity contribution in [1.82, 2.24) is 10.6 Å². The zero-order chi connectivity index (χ0) is 24.3. The second-order valence-corrected chi connectivity index (χ2v) is 7.99. The molecule has 1 unspecified atom stereocenters. The van der Waals surface area contributed by atoms with Crippen molar-refractivity contribution in [3.05, 3.63) is 76.9 Å². The molecule has 1 aliphatic heterocycles. The molecular formula is C23H21F4N5O2. The van der Waals surface area contributed by atoms with Crippen LogP contribution in [-0.4, -0.2) is 23.0 Å². The van der Waals surface area contributed by atoms with Crippen molar-refractivity contribution in [1.29, 1.82) is 0 Å². The van der Waals surface area contributed by atoms with Gasteiger partial charge in [0.2, 0.25) is 5.96 Å². The van der Waals surface area contributed by atoms with Crippen molar-refractivity contribution in [3.8, 4) is 5.75 Å². The molecule has 34 heavy (non-hydrogen) atoms. The van der Waals surface area contributed by atoms with Crippen molar-refractivity contribution in [3.63, 3.8) is 0 Å². The van der Waals surface area contributed by atoms with Gasteiger partial charge in [0.25, 0.3) is 5.91 Å². The number of nitrogens with zero attached hydrogens (tertiary/aromatic N) is 3. The first-order chi connectivity index (χ1) is 16.2. The highest BCUT2D eigenvalue weighted by Gasteiger charge is 2.30. The Morgan fingerprint density at radius 3 is 2.44 bits per heavy atom. The molecule has 7 nitrogen and oxygen atoms in total. The number of carbonyl (C=O) groups excluding carboxylic acids is 1. The minimum atomic E-state index is -4.50. The van der Waals surface area contributed by atoms with E-state index in [1.54, 1.807) is 6.08 Å². The number of rotatable bonds is 4. The molecule has 0 spiro atoms. The molecule has 0 bridgehead atoms. The summed E-state index contributed by atoms with van der Waals surface area (Å²) in [5.41, 5.74) is -0.345. The second kappa shape index (κ2) is 9.62. The number of azo groups is 1. The molecule has 178 valence electrons. The van der Waals surface area contributed by atoms with Crippen LogP contribution in [0.2, 0.25) is 0 Å². The van der Waals surface area contributed by atoms with Gasteiger partial charge in [-0.3, -0.25) is 10.1 Å². The molecule has 1 atom stereocenters. The van der Waals surface area contributed by atoms with Gasteiger partial charge in [0, 0.05) is 5.56 Å². The molecule has 0 radical (unpaired) electrons. The highest BCUT2D eigenvalue weighted by atomic mass is 19.4. The number of hydrogen-bond donors (Lipinski definition) is 3. The Bertz CT molecular complexity index is 1150. The highest BCUT2D eigenvalue weighted by molar-refractivity contribution is 6.06. The molecule has 11 heteroatoms. The number of halogens is 4. The predicted octanol–water partition coefficient (Wildman–Crippen LogP) is 5.22. The first-order valence-corrected chi connectivity index (χ1v) is 10.6.